The molecular weight excluding hydrogens is 218 g/mol. The number of hydrogen-bond donors (Lipinski definition) is 0. The Labute approximate surface area is 92.8 Å². The Kier molecular flexibility index (Phi) is 5.47. The molecule has 0 aliphatic rings. The Bertz CT molecular complexity index is 259. The van der Waals surface area contributed by atoms with Gasteiger partial charge in [-0.2, -0.15) is 0 Å². The van der Waals surface area contributed by atoms with Gasteiger partial charge < -0.3 is 9.47 Å². The van der Waals surface area contributed by atoms with Gasteiger partial charge in [0.2, 0.25) is 6.29 Å². The molecule has 0 radical (unpaired) electrons. The number of thiazole rings is 1. The molecule has 0 amide bonds. The lowest BCUT2D eigenvalue weighted by Crippen LogP contribution is -2.08. The molecule has 1 aromatic heterocycles. The van der Waals surface area contributed by atoms with Crippen LogP contribution in [0.3, 0.4) is 0 Å². The second-order valence-electron chi connectivity index (χ2n) is 2.47. The van der Waals surface area contributed by atoms with E-state index in [1.165, 1.54) is 0 Å². The number of rotatable bonds is 6. The van der Waals surface area contributed by atoms with E-state index in [0.29, 0.717) is 13.2 Å². The van der Waals surface area contributed by atoms with Crippen LogP contribution < -0.4 is 0 Å². The van der Waals surface area contributed by atoms with Gasteiger partial charge in [0.05, 0.1) is 0 Å². The van der Waals surface area contributed by atoms with Gasteiger partial charge in [-0.15, -0.1) is 23.1 Å². The summed E-state index contributed by atoms with van der Waals surface area (Å²) in [5, 5.41) is 3.94. The standard InChI is InChI=1S/C9H15NO2S2/c1-4-11-9(12-5-2)8-10-7(13-3)6-14-8/h6,9H,4-5H2,1-3H3. The summed E-state index contributed by atoms with van der Waals surface area (Å²) in [7, 11) is 0. The van der Waals surface area contributed by atoms with Crippen LogP contribution in [0.2, 0.25) is 0 Å². The summed E-state index contributed by atoms with van der Waals surface area (Å²) in [5.74, 6) is 0. The zero-order valence-electron chi connectivity index (χ0n) is 8.65. The highest BCUT2D eigenvalue weighted by molar-refractivity contribution is 7.98. The van der Waals surface area contributed by atoms with Crippen molar-refractivity contribution in [1.29, 1.82) is 0 Å². The predicted molar refractivity (Wildman–Crippen MR) is 59.9 cm³/mol. The smallest absolute Gasteiger partial charge is 0.210 e. The summed E-state index contributed by atoms with van der Waals surface area (Å²) >= 11 is 3.21. The van der Waals surface area contributed by atoms with Gasteiger partial charge >= 0.3 is 0 Å². The Morgan fingerprint density at radius 1 is 1.43 bits per heavy atom. The average Bonchev–Trinajstić information content (AvgIpc) is 2.65. The van der Waals surface area contributed by atoms with Gasteiger partial charge in [0.15, 0.2) is 5.01 Å². The lowest BCUT2D eigenvalue weighted by molar-refractivity contribution is -0.140. The second-order valence-corrected chi connectivity index (χ2v) is 4.19. The summed E-state index contributed by atoms with van der Waals surface area (Å²) in [6, 6.07) is 0. The third kappa shape index (κ3) is 3.24. The molecule has 0 saturated carbocycles. The van der Waals surface area contributed by atoms with Crippen LogP contribution in [-0.4, -0.2) is 24.5 Å². The van der Waals surface area contributed by atoms with Gasteiger partial charge in [-0.25, -0.2) is 4.98 Å². The van der Waals surface area contributed by atoms with Crippen molar-refractivity contribution in [2.24, 2.45) is 0 Å². The molecule has 0 spiro atoms. The van der Waals surface area contributed by atoms with Crippen LogP contribution in [-0.2, 0) is 9.47 Å². The Balaban J connectivity index is 2.65. The molecule has 0 bridgehead atoms. The van der Waals surface area contributed by atoms with Crippen LogP contribution in [0, 0.1) is 0 Å². The van der Waals surface area contributed by atoms with E-state index in [2.05, 4.69) is 4.98 Å². The van der Waals surface area contributed by atoms with E-state index in [0.717, 1.165) is 10.0 Å². The van der Waals surface area contributed by atoms with Crippen molar-refractivity contribution in [2.75, 3.05) is 19.5 Å². The molecule has 14 heavy (non-hydrogen) atoms. The third-order valence-corrected chi connectivity index (χ3v) is 3.19. The lowest BCUT2D eigenvalue weighted by Gasteiger charge is -2.13. The number of hydrogen-bond acceptors (Lipinski definition) is 5. The van der Waals surface area contributed by atoms with Crippen LogP contribution in [0.25, 0.3) is 0 Å². The fourth-order valence-electron chi connectivity index (χ4n) is 0.968. The molecule has 1 rings (SSSR count). The minimum Gasteiger partial charge on any atom is -0.347 e. The van der Waals surface area contributed by atoms with Gasteiger partial charge in [0, 0.05) is 18.6 Å². The molecule has 3 nitrogen and oxygen atoms in total. The van der Waals surface area contributed by atoms with Crippen LogP contribution >= 0.6 is 23.1 Å². The topological polar surface area (TPSA) is 31.4 Å². The lowest BCUT2D eigenvalue weighted by atomic mass is 10.6. The zero-order valence-corrected chi connectivity index (χ0v) is 10.3. The molecule has 0 atom stereocenters. The maximum atomic E-state index is 5.44. The highest BCUT2D eigenvalue weighted by Crippen LogP contribution is 2.26. The molecule has 0 fully saturated rings. The summed E-state index contributed by atoms with van der Waals surface area (Å²) in [6.45, 7) is 5.18. The van der Waals surface area contributed by atoms with Crippen molar-refractivity contribution in [3.05, 3.63) is 10.4 Å². The van der Waals surface area contributed by atoms with Crippen molar-refractivity contribution in [3.8, 4) is 0 Å². The molecule has 0 aliphatic carbocycles. The van der Waals surface area contributed by atoms with E-state index in [9.17, 15) is 0 Å². The number of nitrogens with zero attached hydrogens (tertiary/aromatic N) is 1. The van der Waals surface area contributed by atoms with Gasteiger partial charge in [0.25, 0.3) is 0 Å². The Morgan fingerprint density at radius 3 is 2.50 bits per heavy atom. The largest absolute Gasteiger partial charge is 0.347 e. The maximum Gasteiger partial charge on any atom is 0.210 e. The molecule has 0 unspecified atom stereocenters. The van der Waals surface area contributed by atoms with Gasteiger partial charge in [-0.1, -0.05) is 0 Å². The van der Waals surface area contributed by atoms with E-state index in [1.807, 2.05) is 25.5 Å². The minimum absolute atomic E-state index is 0.295. The van der Waals surface area contributed by atoms with Crippen molar-refractivity contribution in [2.45, 2.75) is 25.2 Å². The van der Waals surface area contributed by atoms with Crippen LogP contribution in [0.15, 0.2) is 10.4 Å². The van der Waals surface area contributed by atoms with Gasteiger partial charge in [-0.3, -0.25) is 0 Å². The monoisotopic (exact) mass is 233 g/mol. The van der Waals surface area contributed by atoms with E-state index >= 15 is 0 Å². The normalized spacial score (nSPS) is 11.1. The van der Waals surface area contributed by atoms with Gasteiger partial charge in [-0.05, 0) is 20.1 Å². The molecule has 5 heteroatoms. The molecule has 0 aromatic carbocycles. The van der Waals surface area contributed by atoms with Crippen LogP contribution in [0.1, 0.15) is 25.1 Å². The summed E-state index contributed by atoms with van der Waals surface area (Å²) in [4.78, 5) is 4.40. The van der Waals surface area contributed by atoms with Crippen LogP contribution in [0.5, 0.6) is 0 Å². The molecule has 1 aromatic rings. The Morgan fingerprint density at radius 2 is 2.07 bits per heavy atom. The first kappa shape index (κ1) is 12.0. The van der Waals surface area contributed by atoms with E-state index in [4.69, 9.17) is 9.47 Å². The summed E-state index contributed by atoms with van der Waals surface area (Å²) in [5.41, 5.74) is 0. The number of thioether (sulfide) groups is 1. The first-order valence-electron chi connectivity index (χ1n) is 4.54. The quantitative estimate of drug-likeness (QED) is 0.558. The third-order valence-electron chi connectivity index (χ3n) is 1.55. The highest BCUT2D eigenvalue weighted by atomic mass is 32.2. The molecule has 0 aliphatic heterocycles. The number of ether oxygens (including phenoxy) is 2. The van der Waals surface area contributed by atoms with E-state index < -0.39 is 0 Å². The van der Waals surface area contributed by atoms with Crippen molar-refractivity contribution >= 4 is 23.1 Å². The molecule has 0 N–H and O–H groups in total. The molecule has 1 heterocycles. The first-order valence-corrected chi connectivity index (χ1v) is 6.64. The maximum absolute atomic E-state index is 5.44. The van der Waals surface area contributed by atoms with Crippen molar-refractivity contribution < 1.29 is 9.47 Å². The van der Waals surface area contributed by atoms with Crippen molar-refractivity contribution in [3.63, 3.8) is 0 Å². The second kappa shape index (κ2) is 6.40. The summed E-state index contributed by atoms with van der Waals surface area (Å²) in [6.07, 6.45) is 1.71. The molecular formula is C9H15NO2S2. The van der Waals surface area contributed by atoms with E-state index in [-0.39, 0.29) is 6.29 Å². The molecule has 80 valence electrons. The average molecular weight is 233 g/mol. The van der Waals surface area contributed by atoms with Gasteiger partial charge in [0.1, 0.15) is 5.03 Å². The van der Waals surface area contributed by atoms with E-state index in [1.54, 1.807) is 23.1 Å². The SMILES string of the molecule is CCOC(OCC)c1nc(SC)cs1. The first-order chi connectivity index (χ1) is 6.81. The Hall–Kier alpha value is -0.100. The number of aromatic nitrogens is 1. The highest BCUT2D eigenvalue weighted by Gasteiger charge is 2.15. The minimum atomic E-state index is -0.295. The fraction of sp³-hybridized carbons (Fsp3) is 0.667. The summed E-state index contributed by atoms with van der Waals surface area (Å²) < 4.78 is 10.9. The van der Waals surface area contributed by atoms with Crippen molar-refractivity contribution in [1.82, 2.24) is 4.98 Å². The fourth-order valence-corrected chi connectivity index (χ4v) is 2.42. The van der Waals surface area contributed by atoms with Crippen LogP contribution in [0.4, 0.5) is 0 Å². The zero-order chi connectivity index (χ0) is 10.4. The molecule has 0 saturated heterocycles. The predicted octanol–water partition coefficient (Wildman–Crippen LogP) is 2.94.